The smallest absolute Gasteiger partial charge is 0.213 e. The lowest BCUT2D eigenvalue weighted by molar-refractivity contribution is 0.201. The molecule has 0 aromatic carbocycles. The molecule has 1 aromatic heterocycles. The van der Waals surface area contributed by atoms with Gasteiger partial charge in [-0.2, -0.15) is 5.26 Å². The molecule has 1 rings (SSSR count). The number of aromatic nitrogens is 1. The second-order valence-electron chi connectivity index (χ2n) is 3.21. The average molecular weight is 190 g/mol. The summed E-state index contributed by atoms with van der Waals surface area (Å²) >= 11 is 0. The molecular weight excluding hydrogens is 176 g/mol. The maximum atomic E-state index is 8.56. The fraction of sp³-hybridized carbons (Fsp3) is 0.455. The predicted molar refractivity (Wildman–Crippen MR) is 54.0 cm³/mol. The normalized spacial score (nSPS) is 11.8. The van der Waals surface area contributed by atoms with Crippen LogP contribution >= 0.6 is 0 Å². The van der Waals surface area contributed by atoms with Crippen LogP contribution in [0.25, 0.3) is 0 Å². The van der Waals surface area contributed by atoms with Gasteiger partial charge in [-0.25, -0.2) is 4.98 Å². The largest absolute Gasteiger partial charge is 0.475 e. The molecule has 1 heterocycles. The summed E-state index contributed by atoms with van der Waals surface area (Å²) in [7, 11) is 0. The number of rotatable bonds is 4. The summed E-state index contributed by atoms with van der Waals surface area (Å²) in [6, 6.07) is 5.45. The number of hydrogen-bond donors (Lipinski definition) is 0. The van der Waals surface area contributed by atoms with Crippen molar-refractivity contribution in [3.05, 3.63) is 23.9 Å². The van der Waals surface area contributed by atoms with Crippen molar-refractivity contribution in [1.82, 2.24) is 4.98 Å². The first-order valence-electron chi connectivity index (χ1n) is 4.79. The van der Waals surface area contributed by atoms with Gasteiger partial charge in [0.15, 0.2) is 0 Å². The number of pyridine rings is 1. The van der Waals surface area contributed by atoms with Crippen molar-refractivity contribution >= 4 is 0 Å². The Balaban J connectivity index is 2.56. The zero-order chi connectivity index (χ0) is 10.4. The van der Waals surface area contributed by atoms with E-state index in [1.165, 1.54) is 6.20 Å². The van der Waals surface area contributed by atoms with Gasteiger partial charge in [-0.1, -0.05) is 13.3 Å². The van der Waals surface area contributed by atoms with Crippen LogP contribution < -0.4 is 4.74 Å². The van der Waals surface area contributed by atoms with Gasteiger partial charge in [0.2, 0.25) is 5.88 Å². The topological polar surface area (TPSA) is 45.9 Å². The predicted octanol–water partition coefficient (Wildman–Crippen LogP) is 2.52. The van der Waals surface area contributed by atoms with Crippen LogP contribution in [0.4, 0.5) is 0 Å². The van der Waals surface area contributed by atoms with Gasteiger partial charge >= 0.3 is 0 Å². The molecule has 14 heavy (non-hydrogen) atoms. The van der Waals surface area contributed by atoms with Crippen LogP contribution in [-0.4, -0.2) is 11.1 Å². The Hall–Kier alpha value is -1.56. The van der Waals surface area contributed by atoms with Crippen molar-refractivity contribution in [2.24, 2.45) is 0 Å². The van der Waals surface area contributed by atoms with Gasteiger partial charge in [-0.15, -0.1) is 0 Å². The Morgan fingerprint density at radius 3 is 2.86 bits per heavy atom. The van der Waals surface area contributed by atoms with Crippen LogP contribution in [0.1, 0.15) is 32.3 Å². The molecule has 0 amide bonds. The standard InChI is InChI=1S/C11H14N2O/c1-3-4-9(2)14-11-6-5-10(7-12)8-13-11/h5-6,8-9H,3-4H2,1-2H3. The zero-order valence-electron chi connectivity index (χ0n) is 8.53. The lowest BCUT2D eigenvalue weighted by Gasteiger charge is -2.12. The van der Waals surface area contributed by atoms with Crippen LogP contribution in [0.5, 0.6) is 5.88 Å². The minimum atomic E-state index is 0.181. The molecule has 1 atom stereocenters. The lowest BCUT2D eigenvalue weighted by Crippen LogP contribution is -2.11. The first-order valence-corrected chi connectivity index (χ1v) is 4.79. The summed E-state index contributed by atoms with van der Waals surface area (Å²) < 4.78 is 5.53. The van der Waals surface area contributed by atoms with Crippen molar-refractivity contribution in [3.63, 3.8) is 0 Å². The molecule has 0 saturated carbocycles. The van der Waals surface area contributed by atoms with E-state index < -0.39 is 0 Å². The van der Waals surface area contributed by atoms with Crippen LogP contribution in [0.3, 0.4) is 0 Å². The third-order valence-corrected chi connectivity index (χ3v) is 1.88. The zero-order valence-corrected chi connectivity index (χ0v) is 8.53. The number of nitrogens with zero attached hydrogens (tertiary/aromatic N) is 2. The molecule has 3 nitrogen and oxygen atoms in total. The lowest BCUT2D eigenvalue weighted by atomic mass is 10.2. The summed E-state index contributed by atoms with van der Waals surface area (Å²) in [6.07, 6.45) is 3.81. The second kappa shape index (κ2) is 5.23. The van der Waals surface area contributed by atoms with E-state index >= 15 is 0 Å². The van der Waals surface area contributed by atoms with E-state index in [0.29, 0.717) is 11.4 Å². The van der Waals surface area contributed by atoms with E-state index in [4.69, 9.17) is 10.00 Å². The van der Waals surface area contributed by atoms with Gasteiger partial charge < -0.3 is 4.74 Å². The summed E-state index contributed by atoms with van der Waals surface area (Å²) in [5, 5.41) is 8.56. The number of hydrogen-bond acceptors (Lipinski definition) is 3. The Labute approximate surface area is 84.3 Å². The molecule has 1 unspecified atom stereocenters. The summed E-state index contributed by atoms with van der Waals surface area (Å²) in [5.41, 5.74) is 0.556. The molecule has 74 valence electrons. The van der Waals surface area contributed by atoms with Crippen LogP contribution in [0, 0.1) is 11.3 Å². The van der Waals surface area contributed by atoms with Gasteiger partial charge in [0.05, 0.1) is 11.7 Å². The van der Waals surface area contributed by atoms with Crippen LogP contribution in [0.2, 0.25) is 0 Å². The minimum Gasteiger partial charge on any atom is -0.475 e. The van der Waals surface area contributed by atoms with Crippen molar-refractivity contribution < 1.29 is 4.74 Å². The van der Waals surface area contributed by atoms with E-state index in [9.17, 15) is 0 Å². The quantitative estimate of drug-likeness (QED) is 0.732. The second-order valence-corrected chi connectivity index (χ2v) is 3.21. The molecule has 0 spiro atoms. The van der Waals surface area contributed by atoms with Crippen LogP contribution in [-0.2, 0) is 0 Å². The molecule has 3 heteroatoms. The van der Waals surface area contributed by atoms with Gasteiger partial charge in [-0.3, -0.25) is 0 Å². The Kier molecular flexibility index (Phi) is 3.93. The molecule has 0 aliphatic rings. The van der Waals surface area contributed by atoms with E-state index in [-0.39, 0.29) is 6.10 Å². The summed E-state index contributed by atoms with van der Waals surface area (Å²) in [5.74, 6) is 0.588. The minimum absolute atomic E-state index is 0.181. The third-order valence-electron chi connectivity index (χ3n) is 1.88. The molecule has 0 aliphatic heterocycles. The monoisotopic (exact) mass is 190 g/mol. The summed E-state index contributed by atoms with van der Waals surface area (Å²) in [4.78, 5) is 4.03. The first kappa shape index (κ1) is 10.5. The van der Waals surface area contributed by atoms with E-state index in [2.05, 4.69) is 11.9 Å². The average Bonchev–Trinajstić information content (AvgIpc) is 2.19. The van der Waals surface area contributed by atoms with E-state index in [1.807, 2.05) is 13.0 Å². The van der Waals surface area contributed by atoms with Crippen LogP contribution in [0.15, 0.2) is 18.3 Å². The van der Waals surface area contributed by atoms with E-state index in [1.54, 1.807) is 12.1 Å². The Bertz CT molecular complexity index is 313. The van der Waals surface area contributed by atoms with Crippen molar-refractivity contribution in [2.45, 2.75) is 32.8 Å². The molecule has 0 aliphatic carbocycles. The number of nitriles is 1. The van der Waals surface area contributed by atoms with Gasteiger partial charge in [-0.05, 0) is 19.4 Å². The maximum Gasteiger partial charge on any atom is 0.213 e. The summed E-state index contributed by atoms with van der Waals surface area (Å²) in [6.45, 7) is 4.13. The fourth-order valence-corrected chi connectivity index (χ4v) is 1.19. The third kappa shape index (κ3) is 3.06. The van der Waals surface area contributed by atoms with Gasteiger partial charge in [0.1, 0.15) is 6.07 Å². The highest BCUT2D eigenvalue weighted by atomic mass is 16.5. The fourth-order valence-electron chi connectivity index (χ4n) is 1.19. The maximum absolute atomic E-state index is 8.56. The van der Waals surface area contributed by atoms with Crippen molar-refractivity contribution in [3.8, 4) is 11.9 Å². The van der Waals surface area contributed by atoms with Gasteiger partial charge in [0, 0.05) is 12.3 Å². The van der Waals surface area contributed by atoms with Gasteiger partial charge in [0.25, 0.3) is 0 Å². The first-order chi connectivity index (χ1) is 6.76. The van der Waals surface area contributed by atoms with Crippen molar-refractivity contribution in [1.29, 1.82) is 5.26 Å². The SMILES string of the molecule is CCCC(C)Oc1ccc(C#N)cn1. The van der Waals surface area contributed by atoms with Crippen molar-refractivity contribution in [2.75, 3.05) is 0 Å². The van der Waals surface area contributed by atoms with E-state index in [0.717, 1.165) is 12.8 Å². The highest BCUT2D eigenvalue weighted by molar-refractivity contribution is 5.28. The molecule has 0 radical (unpaired) electrons. The highest BCUT2D eigenvalue weighted by Crippen LogP contribution is 2.11. The highest BCUT2D eigenvalue weighted by Gasteiger charge is 2.03. The molecule has 0 saturated heterocycles. The molecule has 0 bridgehead atoms. The number of ether oxygens (including phenoxy) is 1. The molecular formula is C11H14N2O. The molecule has 0 fully saturated rings. The molecule has 1 aromatic rings. The molecule has 0 N–H and O–H groups in total. The Morgan fingerprint density at radius 1 is 1.57 bits per heavy atom. The Morgan fingerprint density at radius 2 is 2.36 bits per heavy atom.